The van der Waals surface area contributed by atoms with Gasteiger partial charge in [-0.15, -0.1) is 0 Å². The number of phenols is 2. The lowest BCUT2D eigenvalue weighted by molar-refractivity contribution is 0.158. The maximum Gasteiger partial charge on any atom is 0.204 e. The molecule has 1 aliphatic rings. The minimum Gasteiger partial charge on any atom is -0.506 e. The zero-order chi connectivity index (χ0) is 22.6. The number of aromatic hydroxyl groups is 2. The molecule has 0 bridgehead atoms. The minimum atomic E-state index is -0.572. The van der Waals surface area contributed by atoms with Crippen LogP contribution in [0.3, 0.4) is 0 Å². The number of rotatable bonds is 3. The fourth-order valence-electron chi connectivity index (χ4n) is 3.71. The average molecular weight is 434 g/mol. The topological polar surface area (TPSA) is 89.1 Å². The highest BCUT2D eigenvalue weighted by Crippen LogP contribution is 2.42. The Balaban J connectivity index is 1.61. The molecule has 162 valence electrons. The lowest BCUT2D eigenvalue weighted by atomic mass is 9.99. The van der Waals surface area contributed by atoms with Gasteiger partial charge in [0.2, 0.25) is 5.43 Å². The zero-order valence-corrected chi connectivity index (χ0v) is 17.3. The molecule has 32 heavy (non-hydrogen) atoms. The van der Waals surface area contributed by atoms with Crippen molar-refractivity contribution in [1.29, 1.82) is 0 Å². The smallest absolute Gasteiger partial charge is 0.204 e. The molecule has 0 amide bonds. The molecule has 0 aliphatic carbocycles. The number of phenolic OH excluding ortho intramolecular Hbond substituents is 2. The van der Waals surface area contributed by atoms with Crippen molar-refractivity contribution >= 4 is 28.0 Å². The molecule has 1 aliphatic heterocycles. The van der Waals surface area contributed by atoms with Crippen molar-refractivity contribution in [2.45, 2.75) is 26.1 Å². The summed E-state index contributed by atoms with van der Waals surface area (Å²) >= 11 is 0. The maximum absolute atomic E-state index is 13.1. The van der Waals surface area contributed by atoms with Crippen molar-refractivity contribution in [3.8, 4) is 23.0 Å². The number of benzene rings is 3. The SMILES string of the molecule is CC1(C)C=Cc2c(cc3oc4cc(OCc5ccc(F)cc5)c(O)cc4c(=O)c3c2O)O1. The van der Waals surface area contributed by atoms with Crippen molar-refractivity contribution in [2.24, 2.45) is 0 Å². The van der Waals surface area contributed by atoms with Crippen LogP contribution in [0, 0.1) is 5.82 Å². The highest BCUT2D eigenvalue weighted by molar-refractivity contribution is 5.97. The van der Waals surface area contributed by atoms with E-state index in [1.807, 2.05) is 13.8 Å². The molecule has 0 spiro atoms. The molecular weight excluding hydrogens is 415 g/mol. The predicted octanol–water partition coefficient (Wildman–Crippen LogP) is 5.26. The highest BCUT2D eigenvalue weighted by atomic mass is 19.1. The second-order valence-electron chi connectivity index (χ2n) is 8.21. The molecule has 0 fully saturated rings. The van der Waals surface area contributed by atoms with Crippen LogP contribution >= 0.6 is 0 Å². The van der Waals surface area contributed by atoms with E-state index in [9.17, 15) is 19.4 Å². The van der Waals surface area contributed by atoms with Gasteiger partial charge in [-0.2, -0.15) is 0 Å². The van der Waals surface area contributed by atoms with Crippen molar-refractivity contribution in [3.05, 3.63) is 75.7 Å². The first kappa shape index (κ1) is 19.9. The van der Waals surface area contributed by atoms with Crippen LogP contribution in [0.2, 0.25) is 0 Å². The van der Waals surface area contributed by atoms with E-state index in [1.54, 1.807) is 30.4 Å². The fourth-order valence-corrected chi connectivity index (χ4v) is 3.71. The largest absolute Gasteiger partial charge is 0.506 e. The van der Waals surface area contributed by atoms with E-state index in [0.29, 0.717) is 16.9 Å². The van der Waals surface area contributed by atoms with Crippen LogP contribution in [0.4, 0.5) is 4.39 Å². The lowest BCUT2D eigenvalue weighted by Gasteiger charge is -2.28. The summed E-state index contributed by atoms with van der Waals surface area (Å²) in [7, 11) is 0. The van der Waals surface area contributed by atoms with Crippen molar-refractivity contribution in [3.63, 3.8) is 0 Å². The first-order chi connectivity index (χ1) is 15.2. The maximum atomic E-state index is 13.1. The lowest BCUT2D eigenvalue weighted by Crippen LogP contribution is -2.27. The Bertz CT molecular complexity index is 1460. The number of fused-ring (bicyclic) bond motifs is 3. The molecule has 6 nitrogen and oxygen atoms in total. The standard InChI is InChI=1S/C25H19FO6/c1-25(2)8-7-15-19(32-25)11-21-22(23(15)28)24(29)16-9-17(27)20(10-18(16)31-21)30-12-13-3-5-14(26)6-4-13/h3-11,27-28H,12H2,1-2H3. The molecule has 0 unspecified atom stereocenters. The normalized spacial score (nSPS) is 14.3. The van der Waals surface area contributed by atoms with Crippen LogP contribution in [-0.4, -0.2) is 15.8 Å². The summed E-state index contributed by atoms with van der Waals surface area (Å²) in [6.07, 6.45) is 3.50. The van der Waals surface area contributed by atoms with Crippen LogP contribution in [0.15, 0.2) is 57.8 Å². The summed E-state index contributed by atoms with van der Waals surface area (Å²) in [6, 6.07) is 10.0. The van der Waals surface area contributed by atoms with E-state index in [-0.39, 0.29) is 51.6 Å². The molecule has 2 N–H and O–H groups in total. The Kier molecular flexibility index (Phi) is 4.37. The minimum absolute atomic E-state index is 0.00332. The summed E-state index contributed by atoms with van der Waals surface area (Å²) in [5.41, 5.74) is 0.374. The first-order valence-electron chi connectivity index (χ1n) is 9.97. The molecule has 0 saturated heterocycles. The second-order valence-corrected chi connectivity index (χ2v) is 8.21. The Morgan fingerprint density at radius 1 is 1.06 bits per heavy atom. The average Bonchev–Trinajstić information content (AvgIpc) is 2.73. The highest BCUT2D eigenvalue weighted by Gasteiger charge is 2.27. The van der Waals surface area contributed by atoms with E-state index < -0.39 is 11.0 Å². The van der Waals surface area contributed by atoms with Crippen LogP contribution in [0.1, 0.15) is 25.0 Å². The van der Waals surface area contributed by atoms with Gasteiger partial charge in [0, 0.05) is 12.1 Å². The Hall–Kier alpha value is -4.00. The van der Waals surface area contributed by atoms with E-state index in [1.165, 1.54) is 24.3 Å². The Labute approximate surface area is 181 Å². The molecule has 4 aromatic rings. The Morgan fingerprint density at radius 3 is 2.56 bits per heavy atom. The zero-order valence-electron chi connectivity index (χ0n) is 17.3. The molecule has 0 atom stereocenters. The molecule has 3 aromatic carbocycles. The van der Waals surface area contributed by atoms with Gasteiger partial charge in [-0.1, -0.05) is 12.1 Å². The summed E-state index contributed by atoms with van der Waals surface area (Å²) in [5.74, 6) is -0.350. The van der Waals surface area contributed by atoms with Crippen LogP contribution in [-0.2, 0) is 6.61 Å². The second kappa shape index (κ2) is 7.02. The van der Waals surface area contributed by atoms with Gasteiger partial charge in [-0.05, 0) is 49.8 Å². The summed E-state index contributed by atoms with van der Waals surface area (Å²) in [5, 5.41) is 21.2. The van der Waals surface area contributed by atoms with Crippen LogP contribution in [0.5, 0.6) is 23.0 Å². The predicted molar refractivity (Wildman–Crippen MR) is 118 cm³/mol. The van der Waals surface area contributed by atoms with Gasteiger partial charge in [0.05, 0.1) is 10.9 Å². The van der Waals surface area contributed by atoms with Gasteiger partial charge < -0.3 is 24.1 Å². The number of hydrogen-bond donors (Lipinski definition) is 2. The number of ether oxygens (including phenoxy) is 2. The van der Waals surface area contributed by atoms with Crippen LogP contribution in [0.25, 0.3) is 28.0 Å². The molecule has 2 heterocycles. The van der Waals surface area contributed by atoms with E-state index in [4.69, 9.17) is 13.9 Å². The molecule has 0 radical (unpaired) electrons. The van der Waals surface area contributed by atoms with Crippen molar-refractivity contribution in [1.82, 2.24) is 0 Å². The van der Waals surface area contributed by atoms with Gasteiger partial charge in [-0.25, -0.2) is 4.39 Å². The van der Waals surface area contributed by atoms with Gasteiger partial charge in [0.25, 0.3) is 0 Å². The third-order valence-electron chi connectivity index (χ3n) is 5.35. The third kappa shape index (κ3) is 3.32. The summed E-state index contributed by atoms with van der Waals surface area (Å²) < 4.78 is 30.5. The van der Waals surface area contributed by atoms with Gasteiger partial charge >= 0.3 is 0 Å². The quantitative estimate of drug-likeness (QED) is 0.428. The van der Waals surface area contributed by atoms with Crippen molar-refractivity contribution < 1.29 is 28.5 Å². The van der Waals surface area contributed by atoms with Crippen LogP contribution < -0.4 is 14.9 Å². The summed E-state index contributed by atoms with van der Waals surface area (Å²) in [4.78, 5) is 13.1. The van der Waals surface area contributed by atoms with Crippen molar-refractivity contribution in [2.75, 3.05) is 0 Å². The van der Waals surface area contributed by atoms with E-state index in [0.717, 1.165) is 0 Å². The van der Waals surface area contributed by atoms with E-state index in [2.05, 4.69) is 0 Å². The number of hydrogen-bond acceptors (Lipinski definition) is 6. The molecule has 1 aromatic heterocycles. The Morgan fingerprint density at radius 2 is 1.81 bits per heavy atom. The van der Waals surface area contributed by atoms with E-state index >= 15 is 0 Å². The monoisotopic (exact) mass is 434 g/mol. The first-order valence-corrected chi connectivity index (χ1v) is 9.97. The molecule has 0 saturated carbocycles. The van der Waals surface area contributed by atoms with Gasteiger partial charge in [0.1, 0.15) is 46.1 Å². The third-order valence-corrected chi connectivity index (χ3v) is 5.35. The molecule has 7 heteroatoms. The molecular formula is C25H19FO6. The molecule has 5 rings (SSSR count). The summed E-state index contributed by atoms with van der Waals surface area (Å²) in [6.45, 7) is 3.83. The fraction of sp³-hybridized carbons (Fsp3) is 0.160. The van der Waals surface area contributed by atoms with Gasteiger partial charge in [0.15, 0.2) is 11.5 Å². The van der Waals surface area contributed by atoms with Gasteiger partial charge in [-0.3, -0.25) is 4.79 Å². The number of halogens is 1.